The van der Waals surface area contributed by atoms with Gasteiger partial charge < -0.3 is 10.4 Å². The number of anilines is 1. The van der Waals surface area contributed by atoms with Crippen molar-refractivity contribution in [1.29, 1.82) is 0 Å². The van der Waals surface area contributed by atoms with Crippen molar-refractivity contribution in [2.45, 2.75) is 12.8 Å². The molecule has 0 bridgehead atoms. The predicted molar refractivity (Wildman–Crippen MR) is 81.6 cm³/mol. The van der Waals surface area contributed by atoms with Crippen LogP contribution in [0.25, 0.3) is 0 Å². The fourth-order valence-corrected chi connectivity index (χ4v) is 2.12. The second-order valence-electron chi connectivity index (χ2n) is 5.32. The van der Waals surface area contributed by atoms with E-state index < -0.39 is 52.3 Å². The van der Waals surface area contributed by atoms with Crippen molar-refractivity contribution in [3.63, 3.8) is 0 Å². The average Bonchev–Trinajstić information content (AvgIpc) is 2.64. The minimum Gasteiger partial charge on any atom is -0.476 e. The summed E-state index contributed by atoms with van der Waals surface area (Å²) in [5.74, 6) is -15.5. The molecule has 2 aromatic carbocycles. The number of Topliss-reactive ketones (excluding diaryl/α,β-unsaturated/α-hetero) is 1. The van der Waals surface area contributed by atoms with E-state index in [4.69, 9.17) is 5.11 Å². The fraction of sp³-hybridized carbons (Fsp3) is 0.118. The highest BCUT2D eigenvalue weighted by molar-refractivity contribution is 6.32. The lowest BCUT2D eigenvalue weighted by atomic mass is 10.1. The SMILES string of the molecule is O=C(O)C(=O)CCc1ccc(NC(=O)c2c(F)c(F)c(F)c(F)c2F)cc1. The molecule has 0 aromatic heterocycles. The third-order valence-corrected chi connectivity index (χ3v) is 3.53. The molecule has 2 rings (SSSR count). The van der Waals surface area contributed by atoms with Gasteiger partial charge in [-0.1, -0.05) is 12.1 Å². The van der Waals surface area contributed by atoms with E-state index in [9.17, 15) is 36.3 Å². The molecule has 0 unspecified atom stereocenters. The van der Waals surface area contributed by atoms with Crippen LogP contribution in [0.1, 0.15) is 22.3 Å². The number of hydrogen-bond acceptors (Lipinski definition) is 3. The smallest absolute Gasteiger partial charge is 0.372 e. The molecule has 0 fully saturated rings. The Bertz CT molecular complexity index is 899. The highest BCUT2D eigenvalue weighted by Gasteiger charge is 2.29. The maximum Gasteiger partial charge on any atom is 0.372 e. The van der Waals surface area contributed by atoms with Gasteiger partial charge in [0, 0.05) is 12.1 Å². The minimum absolute atomic E-state index is 0.0164. The highest BCUT2D eigenvalue weighted by atomic mass is 19.2. The summed E-state index contributed by atoms with van der Waals surface area (Å²) in [5, 5.41) is 10.5. The summed E-state index contributed by atoms with van der Waals surface area (Å²) in [6.45, 7) is 0. The van der Waals surface area contributed by atoms with Crippen LogP contribution in [-0.2, 0) is 16.0 Å². The van der Waals surface area contributed by atoms with Gasteiger partial charge in [-0.2, -0.15) is 0 Å². The van der Waals surface area contributed by atoms with Gasteiger partial charge in [0.15, 0.2) is 23.3 Å². The van der Waals surface area contributed by atoms with Gasteiger partial charge in [-0.15, -0.1) is 0 Å². The number of carboxylic acid groups (broad SMARTS) is 1. The first-order valence-corrected chi connectivity index (χ1v) is 7.31. The monoisotopic (exact) mass is 387 g/mol. The normalized spacial score (nSPS) is 10.6. The number of amides is 1. The Morgan fingerprint density at radius 1 is 0.815 bits per heavy atom. The first kappa shape index (κ1) is 20.0. The zero-order chi connectivity index (χ0) is 20.3. The molecule has 27 heavy (non-hydrogen) atoms. The van der Waals surface area contributed by atoms with Crippen molar-refractivity contribution in [3.05, 3.63) is 64.5 Å². The van der Waals surface area contributed by atoms with E-state index in [0.717, 1.165) is 0 Å². The van der Waals surface area contributed by atoms with Crippen molar-refractivity contribution < 1.29 is 41.4 Å². The van der Waals surface area contributed by atoms with E-state index in [2.05, 4.69) is 0 Å². The van der Waals surface area contributed by atoms with Crippen LogP contribution < -0.4 is 5.32 Å². The van der Waals surface area contributed by atoms with Crippen LogP contribution in [0.2, 0.25) is 0 Å². The Balaban J connectivity index is 2.15. The summed E-state index contributed by atoms with van der Waals surface area (Å²) in [6.07, 6.45) is -0.164. The number of carbonyl (C=O) groups is 3. The van der Waals surface area contributed by atoms with Gasteiger partial charge in [-0.25, -0.2) is 26.7 Å². The number of nitrogens with one attached hydrogen (secondary N) is 1. The number of carbonyl (C=O) groups excluding carboxylic acids is 2. The van der Waals surface area contributed by atoms with Gasteiger partial charge in [-0.3, -0.25) is 9.59 Å². The molecule has 142 valence electrons. The Morgan fingerprint density at radius 3 is 1.78 bits per heavy atom. The number of carboxylic acids is 1. The van der Waals surface area contributed by atoms with Gasteiger partial charge >= 0.3 is 5.97 Å². The lowest BCUT2D eigenvalue weighted by Gasteiger charge is -2.09. The van der Waals surface area contributed by atoms with Gasteiger partial charge in [0.05, 0.1) is 0 Å². The van der Waals surface area contributed by atoms with Crippen LogP contribution >= 0.6 is 0 Å². The number of benzene rings is 2. The fourth-order valence-electron chi connectivity index (χ4n) is 2.12. The first-order chi connectivity index (χ1) is 12.6. The lowest BCUT2D eigenvalue weighted by Crippen LogP contribution is -2.19. The Morgan fingerprint density at radius 2 is 1.30 bits per heavy atom. The van der Waals surface area contributed by atoms with Crippen molar-refractivity contribution >= 4 is 23.3 Å². The second kappa shape index (κ2) is 7.94. The first-order valence-electron chi connectivity index (χ1n) is 7.31. The molecule has 2 aromatic rings. The number of aryl methyl sites for hydroxylation is 1. The summed E-state index contributed by atoms with van der Waals surface area (Å²) in [5.41, 5.74) is -1.11. The molecule has 10 heteroatoms. The quantitative estimate of drug-likeness (QED) is 0.345. The molecule has 0 radical (unpaired) electrons. The summed E-state index contributed by atoms with van der Waals surface area (Å²) in [6, 6.07) is 5.29. The average molecular weight is 387 g/mol. The molecule has 0 heterocycles. The van der Waals surface area contributed by atoms with Crippen molar-refractivity contribution in [3.8, 4) is 0 Å². The van der Waals surface area contributed by atoms with Gasteiger partial charge in [0.2, 0.25) is 11.6 Å². The summed E-state index contributed by atoms with van der Waals surface area (Å²) in [4.78, 5) is 33.3. The summed E-state index contributed by atoms with van der Waals surface area (Å²) >= 11 is 0. The standard InChI is InChI=1S/C17H10F5NO4/c18-11-10(12(19)14(21)15(22)13(11)20)16(25)23-8-4-1-7(2-5-8)3-6-9(24)17(26)27/h1-2,4-5H,3,6H2,(H,23,25)(H,26,27). The number of rotatable bonds is 6. The second-order valence-corrected chi connectivity index (χ2v) is 5.32. The third kappa shape index (κ3) is 4.27. The molecule has 0 saturated heterocycles. The lowest BCUT2D eigenvalue weighted by molar-refractivity contribution is -0.149. The molecule has 0 atom stereocenters. The predicted octanol–water partition coefficient (Wildman–Crippen LogP) is 3.22. The van der Waals surface area contributed by atoms with E-state index in [0.29, 0.717) is 5.56 Å². The molecular formula is C17H10F5NO4. The molecule has 0 aliphatic heterocycles. The van der Waals surface area contributed by atoms with E-state index in [1.165, 1.54) is 24.3 Å². The van der Waals surface area contributed by atoms with Crippen LogP contribution in [0, 0.1) is 29.1 Å². The molecule has 0 saturated carbocycles. The molecule has 1 amide bonds. The van der Waals surface area contributed by atoms with E-state index in [1.54, 1.807) is 0 Å². The Hall–Kier alpha value is -3.30. The molecule has 2 N–H and O–H groups in total. The Labute approximate surface area is 148 Å². The number of ketones is 1. The summed E-state index contributed by atoms with van der Waals surface area (Å²) < 4.78 is 66.5. The van der Waals surface area contributed by atoms with Gasteiger partial charge in [-0.05, 0) is 24.1 Å². The molecular weight excluding hydrogens is 377 g/mol. The van der Waals surface area contributed by atoms with E-state index in [-0.39, 0.29) is 18.5 Å². The molecule has 5 nitrogen and oxygen atoms in total. The van der Waals surface area contributed by atoms with Crippen molar-refractivity contribution in [1.82, 2.24) is 0 Å². The third-order valence-electron chi connectivity index (χ3n) is 3.53. The van der Waals surface area contributed by atoms with Crippen LogP contribution in [0.3, 0.4) is 0 Å². The maximum atomic E-state index is 13.6. The van der Waals surface area contributed by atoms with Crippen LogP contribution in [0.4, 0.5) is 27.6 Å². The molecule has 0 aliphatic carbocycles. The summed E-state index contributed by atoms with van der Waals surface area (Å²) in [7, 11) is 0. The number of hydrogen-bond donors (Lipinski definition) is 2. The highest BCUT2D eigenvalue weighted by Crippen LogP contribution is 2.24. The number of halogens is 5. The van der Waals surface area contributed by atoms with Crippen molar-refractivity contribution in [2.75, 3.05) is 5.32 Å². The topological polar surface area (TPSA) is 83.5 Å². The largest absolute Gasteiger partial charge is 0.476 e. The van der Waals surface area contributed by atoms with E-state index >= 15 is 0 Å². The van der Waals surface area contributed by atoms with Crippen LogP contribution in [0.15, 0.2) is 24.3 Å². The van der Waals surface area contributed by atoms with Crippen LogP contribution in [-0.4, -0.2) is 22.8 Å². The van der Waals surface area contributed by atoms with Gasteiger partial charge in [0.1, 0.15) is 5.56 Å². The van der Waals surface area contributed by atoms with Crippen molar-refractivity contribution in [2.24, 2.45) is 0 Å². The number of aliphatic carboxylic acids is 1. The van der Waals surface area contributed by atoms with Gasteiger partial charge in [0.25, 0.3) is 5.91 Å². The Kier molecular flexibility index (Phi) is 5.88. The van der Waals surface area contributed by atoms with Crippen LogP contribution in [0.5, 0.6) is 0 Å². The maximum absolute atomic E-state index is 13.6. The zero-order valence-electron chi connectivity index (χ0n) is 13.3. The minimum atomic E-state index is -2.37. The van der Waals surface area contributed by atoms with E-state index in [1.807, 2.05) is 5.32 Å². The zero-order valence-corrected chi connectivity index (χ0v) is 13.3. The molecule has 0 aliphatic rings. The molecule has 0 spiro atoms.